The number of thioether (sulfide) groups is 1. The lowest BCUT2D eigenvalue weighted by Gasteiger charge is -2.38. The second-order valence-corrected chi connectivity index (χ2v) is 11.8. The molecule has 3 N–H and O–H groups in total. The molecule has 2 aromatic carbocycles. The molecule has 2 aliphatic rings. The van der Waals surface area contributed by atoms with Crippen LogP contribution in [0.1, 0.15) is 30.7 Å². The predicted molar refractivity (Wildman–Crippen MR) is 157 cm³/mol. The number of methoxy groups -OCH3 is 1. The van der Waals surface area contributed by atoms with Gasteiger partial charge in [-0.2, -0.15) is 5.26 Å². The van der Waals surface area contributed by atoms with Gasteiger partial charge in [-0.15, -0.1) is 10.2 Å². The molecule has 0 saturated heterocycles. The summed E-state index contributed by atoms with van der Waals surface area (Å²) in [6.07, 6.45) is 1.60. The van der Waals surface area contributed by atoms with Gasteiger partial charge in [0.15, 0.2) is 10.1 Å². The third kappa shape index (κ3) is 5.28. The fourth-order valence-corrected chi connectivity index (χ4v) is 6.96. The first-order chi connectivity index (χ1) is 19.3. The van der Waals surface area contributed by atoms with E-state index in [-0.39, 0.29) is 28.8 Å². The molecule has 1 unspecified atom stereocenters. The van der Waals surface area contributed by atoms with Gasteiger partial charge in [0.2, 0.25) is 11.0 Å². The van der Waals surface area contributed by atoms with E-state index in [0.717, 1.165) is 0 Å². The Morgan fingerprint density at radius 1 is 1.23 bits per heavy atom. The van der Waals surface area contributed by atoms with Crippen molar-refractivity contribution >= 4 is 68.8 Å². The molecule has 0 spiro atoms. The number of nitriles is 1. The van der Waals surface area contributed by atoms with E-state index in [4.69, 9.17) is 33.7 Å². The van der Waals surface area contributed by atoms with Crippen molar-refractivity contribution in [1.29, 1.82) is 5.26 Å². The average molecular weight is 614 g/mol. The maximum absolute atomic E-state index is 13.3. The summed E-state index contributed by atoms with van der Waals surface area (Å²) in [4.78, 5) is 27.6. The quantitative estimate of drug-likeness (QED) is 0.313. The normalized spacial score (nSPS) is 17.0. The van der Waals surface area contributed by atoms with Crippen molar-refractivity contribution in [3.8, 4) is 11.8 Å². The number of Topliss-reactive ketones (excluding diaryl/α,β-unsaturated/α-hetero) is 1. The fourth-order valence-electron chi connectivity index (χ4n) is 4.79. The number of ketones is 1. The highest BCUT2D eigenvalue weighted by atomic mass is 35.5. The first-order valence-corrected chi connectivity index (χ1v) is 14.7. The third-order valence-corrected chi connectivity index (χ3v) is 9.18. The van der Waals surface area contributed by atoms with E-state index < -0.39 is 5.92 Å². The summed E-state index contributed by atoms with van der Waals surface area (Å²) in [6, 6.07) is 14.5. The number of benzene rings is 2. The highest BCUT2D eigenvalue weighted by Gasteiger charge is 2.42. The first kappa shape index (κ1) is 28.0. The molecule has 13 heteroatoms. The van der Waals surface area contributed by atoms with Crippen molar-refractivity contribution in [2.45, 2.75) is 29.5 Å². The van der Waals surface area contributed by atoms with Crippen molar-refractivity contribution in [3.63, 3.8) is 0 Å². The van der Waals surface area contributed by atoms with Crippen molar-refractivity contribution in [2.24, 2.45) is 5.73 Å². The molecule has 204 valence electrons. The molecule has 1 amide bonds. The number of halogens is 2. The Kier molecular flexibility index (Phi) is 8.32. The van der Waals surface area contributed by atoms with Crippen molar-refractivity contribution in [3.05, 3.63) is 80.7 Å². The molecule has 0 fully saturated rings. The van der Waals surface area contributed by atoms with Gasteiger partial charge in [-0.05, 0) is 31.0 Å². The van der Waals surface area contributed by atoms with E-state index in [9.17, 15) is 14.9 Å². The zero-order valence-corrected chi connectivity index (χ0v) is 24.3. The number of hydrogen-bond donors (Lipinski definition) is 2. The van der Waals surface area contributed by atoms with Gasteiger partial charge in [-0.1, -0.05) is 70.6 Å². The minimum absolute atomic E-state index is 0.0350. The van der Waals surface area contributed by atoms with Crippen LogP contribution in [0.25, 0.3) is 0 Å². The number of para-hydroxylation sites is 2. The minimum Gasteiger partial charge on any atom is -0.496 e. The number of allylic oxidation sites excluding steroid dienone is 3. The van der Waals surface area contributed by atoms with Crippen LogP contribution in [-0.4, -0.2) is 34.8 Å². The Labute approximate surface area is 248 Å². The number of carbonyl (C=O) groups excluding carboxylic acids is 2. The van der Waals surface area contributed by atoms with Gasteiger partial charge in [-0.3, -0.25) is 14.5 Å². The van der Waals surface area contributed by atoms with Gasteiger partial charge >= 0.3 is 0 Å². The molecule has 1 aromatic heterocycles. The van der Waals surface area contributed by atoms with E-state index in [2.05, 4.69) is 21.6 Å². The molecule has 40 heavy (non-hydrogen) atoms. The van der Waals surface area contributed by atoms with Crippen LogP contribution in [0.15, 0.2) is 69.5 Å². The lowest BCUT2D eigenvalue weighted by molar-refractivity contribution is -0.116. The highest BCUT2D eigenvalue weighted by Crippen LogP contribution is 2.48. The summed E-state index contributed by atoms with van der Waals surface area (Å²) in [5, 5.41) is 22.5. The molecule has 1 aliphatic heterocycles. The molecular weight excluding hydrogens is 591 g/mol. The van der Waals surface area contributed by atoms with Crippen LogP contribution in [0.4, 0.5) is 10.8 Å². The molecule has 0 bridgehead atoms. The van der Waals surface area contributed by atoms with E-state index in [1.807, 2.05) is 18.2 Å². The lowest BCUT2D eigenvalue weighted by Crippen LogP contribution is -2.38. The number of amides is 1. The predicted octanol–water partition coefficient (Wildman–Crippen LogP) is 5.89. The van der Waals surface area contributed by atoms with Gasteiger partial charge < -0.3 is 15.8 Å². The third-order valence-electron chi connectivity index (χ3n) is 6.50. The molecule has 3 aromatic rings. The van der Waals surface area contributed by atoms with Crippen LogP contribution in [0.2, 0.25) is 10.0 Å². The number of anilines is 2. The Hall–Kier alpha value is -3.56. The number of aromatic nitrogens is 2. The van der Waals surface area contributed by atoms with Gasteiger partial charge in [-0.25, -0.2) is 0 Å². The van der Waals surface area contributed by atoms with E-state index in [0.29, 0.717) is 67.0 Å². The Bertz CT molecular complexity index is 1590. The van der Waals surface area contributed by atoms with Gasteiger partial charge in [0.1, 0.15) is 11.6 Å². The first-order valence-electron chi connectivity index (χ1n) is 12.1. The molecule has 5 rings (SSSR count). The van der Waals surface area contributed by atoms with Gasteiger partial charge in [0.25, 0.3) is 0 Å². The number of rotatable bonds is 7. The summed E-state index contributed by atoms with van der Waals surface area (Å²) in [5.74, 6) is -0.224. The SMILES string of the molecule is COc1ccccc1C1C(C#N)=C(N)N(c2nnc(SCC(=O)Nc3c(Cl)cccc3Cl)s2)C2=C1C(=O)CCC2. The summed E-state index contributed by atoms with van der Waals surface area (Å²) in [7, 11) is 1.55. The topological polar surface area (TPSA) is 134 Å². The second-order valence-electron chi connectivity index (χ2n) is 8.84. The number of carbonyl (C=O) groups is 2. The van der Waals surface area contributed by atoms with E-state index in [1.54, 1.807) is 36.3 Å². The van der Waals surface area contributed by atoms with Crippen molar-refractivity contribution in [2.75, 3.05) is 23.1 Å². The summed E-state index contributed by atoms with van der Waals surface area (Å²) >= 11 is 14.7. The molecule has 1 aliphatic carbocycles. The largest absolute Gasteiger partial charge is 0.496 e. The number of nitrogens with zero attached hydrogens (tertiary/aromatic N) is 4. The standard InChI is InChI=1S/C27H22Cl2N6O3S2/c1-38-20-11-3-2-6-14(20)22-15(12-30)25(31)35(18-9-5-10-19(36)23(18)22)26-33-34-27(40-26)39-13-21(37)32-24-16(28)7-4-8-17(24)29/h2-4,6-8,11,22H,5,9-10,13,31H2,1H3,(H,32,37). The summed E-state index contributed by atoms with van der Waals surface area (Å²) in [5.41, 5.74) is 9.11. The number of ether oxygens (including phenoxy) is 1. The van der Waals surface area contributed by atoms with Crippen molar-refractivity contribution < 1.29 is 14.3 Å². The van der Waals surface area contributed by atoms with Crippen LogP contribution in [0, 0.1) is 11.3 Å². The van der Waals surface area contributed by atoms with Crippen LogP contribution < -0.4 is 20.7 Å². The summed E-state index contributed by atoms with van der Waals surface area (Å²) in [6.45, 7) is 0. The zero-order valence-electron chi connectivity index (χ0n) is 21.1. The molecular formula is C27H22Cl2N6O3S2. The van der Waals surface area contributed by atoms with E-state index in [1.165, 1.54) is 23.1 Å². The minimum atomic E-state index is -0.651. The van der Waals surface area contributed by atoms with Crippen LogP contribution in [0.5, 0.6) is 5.75 Å². The second kappa shape index (κ2) is 11.9. The molecule has 9 nitrogen and oxygen atoms in total. The number of hydrogen-bond acceptors (Lipinski definition) is 10. The molecule has 2 heterocycles. The van der Waals surface area contributed by atoms with Crippen molar-refractivity contribution in [1.82, 2.24) is 10.2 Å². The number of nitrogens with one attached hydrogen (secondary N) is 1. The monoisotopic (exact) mass is 612 g/mol. The smallest absolute Gasteiger partial charge is 0.234 e. The maximum atomic E-state index is 13.3. The fraction of sp³-hybridized carbons (Fsp3) is 0.222. The summed E-state index contributed by atoms with van der Waals surface area (Å²) < 4.78 is 6.07. The van der Waals surface area contributed by atoms with Gasteiger partial charge in [0, 0.05) is 23.3 Å². The van der Waals surface area contributed by atoms with Crippen LogP contribution >= 0.6 is 46.3 Å². The Morgan fingerprint density at radius 3 is 2.70 bits per heavy atom. The molecule has 0 radical (unpaired) electrons. The molecule has 1 atom stereocenters. The Morgan fingerprint density at radius 2 is 1.98 bits per heavy atom. The number of nitrogens with two attached hydrogens (primary N) is 1. The lowest BCUT2D eigenvalue weighted by atomic mass is 9.75. The molecule has 0 saturated carbocycles. The maximum Gasteiger partial charge on any atom is 0.234 e. The van der Waals surface area contributed by atoms with Crippen LogP contribution in [-0.2, 0) is 9.59 Å². The van der Waals surface area contributed by atoms with E-state index >= 15 is 0 Å². The van der Waals surface area contributed by atoms with Gasteiger partial charge in [0.05, 0.1) is 46.2 Å². The Balaban J connectivity index is 1.44. The van der Waals surface area contributed by atoms with Crippen LogP contribution in [0.3, 0.4) is 0 Å². The average Bonchev–Trinajstić information content (AvgIpc) is 3.42. The highest BCUT2D eigenvalue weighted by molar-refractivity contribution is 8.01. The zero-order chi connectivity index (χ0) is 28.4.